The molecule has 6 aliphatic heterocycles. The fourth-order valence-corrected chi connectivity index (χ4v) is 11.0. The number of esters is 6. The lowest BCUT2D eigenvalue weighted by molar-refractivity contribution is -0.300. The minimum atomic E-state index is -2.06. The van der Waals surface area contributed by atoms with Crippen molar-refractivity contribution < 1.29 is 114 Å². The smallest absolute Gasteiger partial charge is 0.311 e. The molecular weight excluding hydrogens is 1030 g/mol. The molecule has 24 nitrogen and oxygen atoms in total. The zero-order valence-electron chi connectivity index (χ0n) is 47.5. The summed E-state index contributed by atoms with van der Waals surface area (Å²) in [5.41, 5.74) is 0. The van der Waals surface area contributed by atoms with Crippen molar-refractivity contribution >= 4 is 35.8 Å². The van der Waals surface area contributed by atoms with Gasteiger partial charge in [0.2, 0.25) is 0 Å². The molecular formula is C54H84O24. The van der Waals surface area contributed by atoms with Crippen LogP contribution >= 0.6 is 0 Å². The number of ether oxygens (including phenoxy) is 18. The van der Waals surface area contributed by atoms with Crippen LogP contribution in [-0.2, 0) is 114 Å². The van der Waals surface area contributed by atoms with Gasteiger partial charge in [0.1, 0.15) is 0 Å². The number of hydrogen-bond acceptors (Lipinski definition) is 24. The van der Waals surface area contributed by atoms with Gasteiger partial charge >= 0.3 is 35.8 Å². The molecule has 0 aromatic carbocycles. The van der Waals surface area contributed by atoms with Crippen LogP contribution in [0.5, 0.6) is 0 Å². The zero-order chi connectivity index (χ0) is 56.8. The van der Waals surface area contributed by atoms with E-state index in [0.29, 0.717) is 38.5 Å². The molecule has 0 radical (unpaired) electrons. The standard InChI is InChI=1S/C54H84O24/c1-31-13-19-61-49(7,73-31)25-37(55)67-43-44(68-38(56)26-50(8)62-20-14-32(2)74-50)46(70-40(58)28-52(10)64-22-16-34(4)76-52)48(72-42(60)30-54(12)66-24-18-36(6)78-54)47(71-41(59)29-53(11)65-23-17-35(5)77-53)45(43)69-39(57)27-51(9)63-21-15-33(3)75-51/h31-36,43-48H,13-30H2,1-12H3. The van der Waals surface area contributed by atoms with Crippen molar-refractivity contribution in [1.29, 1.82) is 0 Å². The topological polar surface area (TPSA) is 269 Å². The summed E-state index contributed by atoms with van der Waals surface area (Å²) >= 11 is 0. The maximum absolute atomic E-state index is 14.7. The molecule has 6 saturated heterocycles. The Morgan fingerprint density at radius 2 is 0.410 bits per heavy atom. The Labute approximate surface area is 456 Å². The van der Waals surface area contributed by atoms with Crippen molar-refractivity contribution in [3.8, 4) is 0 Å². The predicted octanol–water partition coefficient (Wildman–Crippen LogP) is 5.06. The summed E-state index contributed by atoms with van der Waals surface area (Å²) in [6, 6.07) is 0. The molecule has 0 spiro atoms. The largest absolute Gasteiger partial charge is 0.454 e. The molecule has 0 aromatic heterocycles. The van der Waals surface area contributed by atoms with Crippen LogP contribution in [0.15, 0.2) is 0 Å². The molecule has 78 heavy (non-hydrogen) atoms. The van der Waals surface area contributed by atoms with E-state index in [9.17, 15) is 28.8 Å². The first kappa shape index (κ1) is 61.9. The Balaban J connectivity index is 1.37. The van der Waals surface area contributed by atoms with Gasteiger partial charge in [0, 0.05) is 0 Å². The molecule has 7 fully saturated rings. The maximum atomic E-state index is 14.7. The average molecular weight is 1120 g/mol. The number of rotatable bonds is 18. The van der Waals surface area contributed by atoms with E-state index in [1.807, 2.05) is 41.5 Å². The SMILES string of the molecule is CC1CCOC(C)(CC(=O)OC2C(OC(=O)CC3(C)OCCC(C)O3)C(OC(=O)CC3(C)OCCC(C)O3)C(OC(=O)CC3(C)OCCC(C)O3)C(OC(=O)CC3(C)OCCC(C)O3)C2OC(=O)CC2(C)OCCC(C)O2)O1. The molecule has 444 valence electrons. The third-order valence-corrected chi connectivity index (χ3v) is 14.6. The van der Waals surface area contributed by atoms with Gasteiger partial charge in [-0.05, 0) is 122 Å². The van der Waals surface area contributed by atoms with Crippen molar-refractivity contribution in [3.05, 3.63) is 0 Å². The maximum Gasteiger partial charge on any atom is 0.311 e. The second-order valence-corrected chi connectivity index (χ2v) is 23.0. The molecule has 24 heteroatoms. The summed E-state index contributed by atoms with van der Waals surface area (Å²) in [4.78, 5) is 88.2. The molecule has 6 heterocycles. The summed E-state index contributed by atoms with van der Waals surface area (Å²) in [6.45, 7) is 21.4. The second kappa shape index (κ2) is 25.6. The minimum Gasteiger partial charge on any atom is -0.454 e. The van der Waals surface area contributed by atoms with Crippen molar-refractivity contribution in [2.75, 3.05) is 39.6 Å². The summed E-state index contributed by atoms with van der Waals surface area (Å²) < 4.78 is 110. The van der Waals surface area contributed by atoms with E-state index in [1.165, 1.54) is 41.5 Å². The van der Waals surface area contributed by atoms with Crippen LogP contribution in [0, 0.1) is 0 Å². The lowest BCUT2D eigenvalue weighted by Crippen LogP contribution is -2.69. The fourth-order valence-electron chi connectivity index (χ4n) is 11.0. The van der Waals surface area contributed by atoms with Gasteiger partial charge in [-0.15, -0.1) is 0 Å². The highest BCUT2D eigenvalue weighted by Crippen LogP contribution is 2.40. The first-order valence-corrected chi connectivity index (χ1v) is 27.6. The zero-order valence-corrected chi connectivity index (χ0v) is 47.5. The summed E-state index contributed by atoms with van der Waals surface area (Å²) in [5, 5.41) is 0. The third kappa shape index (κ3) is 17.2. The molecule has 7 rings (SSSR count). The van der Waals surface area contributed by atoms with E-state index in [0.717, 1.165) is 0 Å². The van der Waals surface area contributed by atoms with Crippen LogP contribution < -0.4 is 0 Å². The van der Waals surface area contributed by atoms with Gasteiger partial charge in [0.15, 0.2) is 71.3 Å². The quantitative estimate of drug-likeness (QED) is 0.128. The summed E-state index contributed by atoms with van der Waals surface area (Å²) in [5.74, 6) is -15.6. The highest BCUT2D eigenvalue weighted by molar-refractivity contribution is 5.75. The van der Waals surface area contributed by atoms with Crippen molar-refractivity contribution in [2.45, 2.75) is 268 Å². The van der Waals surface area contributed by atoms with Gasteiger partial charge in [-0.3, -0.25) is 28.8 Å². The normalized spacial score (nSPS) is 42.3. The number of carbonyl (C=O) groups is 6. The molecule has 0 aromatic rings. The molecule has 0 amide bonds. The lowest BCUT2D eigenvalue weighted by Gasteiger charge is -2.48. The molecule has 1 aliphatic carbocycles. The first-order valence-electron chi connectivity index (χ1n) is 27.6. The third-order valence-electron chi connectivity index (χ3n) is 14.6. The van der Waals surface area contributed by atoms with Crippen LogP contribution in [0.4, 0.5) is 0 Å². The van der Waals surface area contributed by atoms with E-state index in [1.54, 1.807) is 0 Å². The fraction of sp³-hybridized carbons (Fsp3) is 0.889. The highest BCUT2D eigenvalue weighted by Gasteiger charge is 2.63. The van der Waals surface area contributed by atoms with Crippen LogP contribution in [0.1, 0.15) is 160 Å². The van der Waals surface area contributed by atoms with E-state index in [2.05, 4.69) is 0 Å². The van der Waals surface area contributed by atoms with Crippen molar-refractivity contribution in [3.63, 3.8) is 0 Å². The van der Waals surface area contributed by atoms with E-state index >= 15 is 0 Å². The Morgan fingerprint density at radius 3 is 0.526 bits per heavy atom. The van der Waals surface area contributed by atoms with Gasteiger partial charge in [0.05, 0.1) is 115 Å². The van der Waals surface area contributed by atoms with Gasteiger partial charge in [-0.25, -0.2) is 0 Å². The van der Waals surface area contributed by atoms with Crippen molar-refractivity contribution in [2.24, 2.45) is 0 Å². The van der Waals surface area contributed by atoms with Gasteiger partial charge in [-0.2, -0.15) is 0 Å². The van der Waals surface area contributed by atoms with Gasteiger partial charge in [-0.1, -0.05) is 0 Å². The monoisotopic (exact) mass is 1120 g/mol. The van der Waals surface area contributed by atoms with Gasteiger partial charge in [0.25, 0.3) is 0 Å². The van der Waals surface area contributed by atoms with Crippen molar-refractivity contribution in [1.82, 2.24) is 0 Å². The van der Waals surface area contributed by atoms with Gasteiger partial charge < -0.3 is 85.3 Å². The molecule has 0 bridgehead atoms. The predicted molar refractivity (Wildman–Crippen MR) is 264 cm³/mol. The van der Waals surface area contributed by atoms with Crippen LogP contribution in [0.25, 0.3) is 0 Å². The number of carbonyl (C=O) groups excluding carboxylic acids is 6. The van der Waals surface area contributed by atoms with E-state index in [4.69, 9.17) is 85.3 Å². The molecule has 0 N–H and O–H groups in total. The Hall–Kier alpha value is -3.66. The second-order valence-electron chi connectivity index (χ2n) is 23.0. The Bertz CT molecular complexity index is 1730. The highest BCUT2D eigenvalue weighted by atomic mass is 16.8. The summed E-state index contributed by atoms with van der Waals surface area (Å²) in [7, 11) is 0. The Kier molecular flexibility index (Phi) is 20.4. The molecule has 7 aliphatic rings. The average Bonchev–Trinajstić information content (AvgIpc) is 3.35. The van der Waals surface area contributed by atoms with Crippen LogP contribution in [0.3, 0.4) is 0 Å². The van der Waals surface area contributed by atoms with E-state index in [-0.39, 0.29) is 76.3 Å². The van der Waals surface area contributed by atoms with Crippen LogP contribution in [-0.4, -0.2) is 183 Å². The molecule has 1 saturated carbocycles. The minimum absolute atomic E-state index is 0.227. The molecule has 12 atom stereocenters. The first-order chi connectivity index (χ1) is 36.5. The van der Waals surface area contributed by atoms with E-state index < -0.39 is 146 Å². The molecule has 12 unspecified atom stereocenters. The number of hydrogen-bond donors (Lipinski definition) is 0. The van der Waals surface area contributed by atoms with Crippen LogP contribution in [0.2, 0.25) is 0 Å². The lowest BCUT2D eigenvalue weighted by atomic mass is 9.83. The Morgan fingerprint density at radius 1 is 0.282 bits per heavy atom. The summed E-state index contributed by atoms with van der Waals surface area (Å²) in [6.07, 6.45) is -14.7.